The Labute approximate surface area is 308 Å². The Morgan fingerprint density at radius 2 is 1.58 bits per heavy atom. The van der Waals surface area contributed by atoms with E-state index >= 15 is 0 Å². The molecule has 0 unspecified atom stereocenters. The van der Waals surface area contributed by atoms with Gasteiger partial charge in [-0.05, 0) is 36.3 Å². The number of carboxylic acids is 1. The number of aliphatic hydroxyl groups excluding tert-OH is 5. The van der Waals surface area contributed by atoms with Crippen LogP contribution in [0.25, 0.3) is 0 Å². The first kappa shape index (κ1) is 42.9. The number of aliphatic hydroxyl groups is 5. The van der Waals surface area contributed by atoms with Crippen LogP contribution in [0.5, 0.6) is 5.75 Å². The number of hydrogen-bond acceptors (Lipinski definition) is 17. The molecule has 0 aliphatic carbocycles. The van der Waals surface area contributed by atoms with Crippen LogP contribution in [0.1, 0.15) is 18.4 Å². The number of rotatable bonds is 14. The van der Waals surface area contributed by atoms with E-state index < -0.39 is 84.4 Å². The molecular formula is C24H33NNa2O16S2. The van der Waals surface area contributed by atoms with Crippen molar-refractivity contribution in [1.29, 1.82) is 0 Å². The molecule has 0 aromatic heterocycles. The minimum atomic E-state index is -5.58. The first-order chi connectivity index (χ1) is 20.2. The maximum absolute atomic E-state index is 11.7. The van der Waals surface area contributed by atoms with Crippen LogP contribution < -0.4 is 74.3 Å². The zero-order chi connectivity index (χ0) is 31.9. The second-order valence-electron chi connectivity index (χ2n) is 9.69. The molecule has 1 aromatic carbocycles. The Balaban J connectivity index is 0.00000506. The number of benzene rings is 1. The topological polar surface area (TPSA) is 274 Å². The average molecular weight is 702 g/mol. The molecule has 0 bridgehead atoms. The van der Waals surface area contributed by atoms with Gasteiger partial charge in [-0.1, -0.05) is 12.1 Å². The van der Waals surface area contributed by atoms with Gasteiger partial charge in [0, 0.05) is 13.0 Å². The molecule has 244 valence electrons. The van der Waals surface area contributed by atoms with E-state index in [-0.39, 0.29) is 70.8 Å². The van der Waals surface area contributed by atoms with Crippen LogP contribution in [0, 0.1) is 0 Å². The van der Waals surface area contributed by atoms with Crippen LogP contribution in [0.2, 0.25) is 0 Å². The smallest absolute Gasteiger partial charge is 0.726 e. The van der Waals surface area contributed by atoms with Crippen LogP contribution in [-0.4, -0.2) is 131 Å². The average Bonchev–Trinajstić information content (AvgIpc) is 2.94. The molecule has 2 aliphatic heterocycles. The summed E-state index contributed by atoms with van der Waals surface area (Å²) >= 11 is 4.06. The van der Waals surface area contributed by atoms with Crippen LogP contribution in [0.4, 0.5) is 0 Å². The Morgan fingerprint density at radius 1 is 0.956 bits per heavy atom. The number of carboxylic acid groups (broad SMARTS) is 1. The van der Waals surface area contributed by atoms with E-state index in [1.54, 1.807) is 12.1 Å². The first-order valence-corrected chi connectivity index (χ1v) is 15.0. The van der Waals surface area contributed by atoms with Crippen molar-refractivity contribution >= 4 is 34.9 Å². The predicted octanol–water partition coefficient (Wildman–Crippen LogP) is -10.7. The van der Waals surface area contributed by atoms with E-state index in [9.17, 15) is 53.2 Å². The van der Waals surface area contributed by atoms with Gasteiger partial charge >= 0.3 is 59.1 Å². The number of aliphatic carboxylic acids is 1. The second kappa shape index (κ2) is 19.8. The fourth-order valence-electron chi connectivity index (χ4n) is 4.40. The Hall–Kier alpha value is -0.140. The molecule has 17 nitrogen and oxygen atoms in total. The molecule has 2 heterocycles. The van der Waals surface area contributed by atoms with Crippen LogP contribution in [0.15, 0.2) is 24.3 Å². The minimum Gasteiger partial charge on any atom is -0.726 e. The monoisotopic (exact) mass is 701 g/mol. The van der Waals surface area contributed by atoms with E-state index in [2.05, 4.69) is 22.1 Å². The van der Waals surface area contributed by atoms with Gasteiger partial charge in [-0.2, -0.15) is 12.6 Å². The van der Waals surface area contributed by atoms with Crippen molar-refractivity contribution < 1.29 is 135 Å². The summed E-state index contributed by atoms with van der Waals surface area (Å²) in [5.41, 5.74) is 0.835. The predicted molar refractivity (Wildman–Crippen MR) is 140 cm³/mol. The van der Waals surface area contributed by atoms with Gasteiger partial charge in [0.2, 0.25) is 22.6 Å². The maximum Gasteiger partial charge on any atom is 1.00 e. The zero-order valence-corrected chi connectivity index (χ0v) is 30.1. The third kappa shape index (κ3) is 12.4. The van der Waals surface area contributed by atoms with E-state index in [0.717, 1.165) is 5.56 Å². The summed E-state index contributed by atoms with van der Waals surface area (Å²) < 4.78 is 58.8. The molecule has 21 heteroatoms. The van der Waals surface area contributed by atoms with Crippen molar-refractivity contribution in [1.82, 2.24) is 5.32 Å². The maximum atomic E-state index is 11.7. The van der Waals surface area contributed by atoms with E-state index in [4.69, 9.17) is 18.9 Å². The molecule has 3 rings (SSSR count). The molecule has 6 N–H and O–H groups in total. The molecule has 10 atom stereocenters. The number of nitrogens with one attached hydrogen (secondary N) is 1. The quantitative estimate of drug-likeness (QED) is 0.0411. The summed E-state index contributed by atoms with van der Waals surface area (Å²) in [5.74, 6) is -1.41. The van der Waals surface area contributed by atoms with Gasteiger partial charge in [-0.25, -0.2) is 8.42 Å². The number of amides is 1. The molecule has 0 radical (unpaired) electrons. The molecule has 1 amide bonds. The Morgan fingerprint density at radius 3 is 2.13 bits per heavy atom. The Bertz CT molecular complexity index is 1180. The van der Waals surface area contributed by atoms with Gasteiger partial charge < -0.3 is 64.3 Å². The molecule has 0 spiro atoms. The summed E-state index contributed by atoms with van der Waals surface area (Å²) in [6.07, 6.45) is -18.8. The molecule has 2 saturated heterocycles. The van der Waals surface area contributed by atoms with Crippen LogP contribution >= 0.6 is 12.6 Å². The number of carbonyl (C=O) groups is 2. The van der Waals surface area contributed by atoms with Crippen molar-refractivity contribution in [2.75, 3.05) is 18.9 Å². The zero-order valence-electron chi connectivity index (χ0n) is 24.4. The van der Waals surface area contributed by atoms with Gasteiger partial charge in [0.15, 0.2) is 6.29 Å². The van der Waals surface area contributed by atoms with Gasteiger partial charge in [0.05, 0.1) is 12.6 Å². The SMILES string of the molecule is O=C(CCCS)NCCc1ccc(O[C@@H]2O[C@H](CO)[C@H](O)[C@H](O[C@@H]3O[C@H](C(=O)[O-])[C@@H](O)[C@H](OS(=O)(=O)[O-])[C@H]3O)[C@H]2O)cc1.[Na+].[Na+]. The summed E-state index contributed by atoms with van der Waals surface area (Å²) in [5, 5.41) is 66.0. The summed E-state index contributed by atoms with van der Waals surface area (Å²) in [7, 11) is -5.58. The van der Waals surface area contributed by atoms with Gasteiger partial charge in [-0.15, -0.1) is 0 Å². The van der Waals surface area contributed by atoms with E-state index in [1.807, 2.05) is 0 Å². The molecule has 2 aliphatic rings. The molecule has 1 aromatic rings. The van der Waals surface area contributed by atoms with Crippen molar-refractivity contribution in [3.8, 4) is 5.75 Å². The van der Waals surface area contributed by atoms with Crippen molar-refractivity contribution in [2.45, 2.75) is 80.7 Å². The third-order valence-corrected chi connectivity index (χ3v) is 7.36. The number of thiol groups is 1. The van der Waals surface area contributed by atoms with Crippen molar-refractivity contribution in [3.63, 3.8) is 0 Å². The second-order valence-corrected chi connectivity index (χ2v) is 11.1. The molecule has 0 saturated carbocycles. The van der Waals surface area contributed by atoms with E-state index in [0.29, 0.717) is 31.6 Å². The Kier molecular flexibility index (Phi) is 18.8. The summed E-state index contributed by atoms with van der Waals surface area (Å²) in [4.78, 5) is 23.2. The summed E-state index contributed by atoms with van der Waals surface area (Å²) in [6, 6.07) is 6.40. The van der Waals surface area contributed by atoms with E-state index in [1.165, 1.54) is 12.1 Å². The van der Waals surface area contributed by atoms with Crippen molar-refractivity contribution in [3.05, 3.63) is 29.8 Å². The fourth-order valence-corrected chi connectivity index (χ4v) is 5.06. The first-order valence-electron chi connectivity index (χ1n) is 13.0. The standard InChI is InChI=1S/C24H35NO16S2.2Na/c26-10-13-15(28)19(39-24-18(31)20(41-43(34,35)36)16(29)21(40-24)22(32)33)17(30)23(38-13)37-12-5-3-11(4-6-12)7-8-25-14(27)2-1-9-42;;/h3-6,13,15-21,23-24,26,28-31,42H,1-2,7-10H2,(H,25,27)(H,32,33)(H,34,35,36);;/q;2*+1/p-2/t13-,15+,16+,17-,18-,19+,20+,21+,23-,24-;;/m1../s1. The van der Waals surface area contributed by atoms with Crippen LogP contribution in [-0.2, 0) is 44.8 Å². The van der Waals surface area contributed by atoms with Gasteiger partial charge in [0.25, 0.3) is 0 Å². The minimum absolute atomic E-state index is 0. The molecule has 45 heavy (non-hydrogen) atoms. The molecule has 2 fully saturated rings. The van der Waals surface area contributed by atoms with Crippen molar-refractivity contribution in [2.24, 2.45) is 0 Å². The number of hydrogen-bond donors (Lipinski definition) is 7. The van der Waals surface area contributed by atoms with Gasteiger partial charge in [0.1, 0.15) is 54.6 Å². The van der Waals surface area contributed by atoms with Gasteiger partial charge in [-0.3, -0.25) is 8.98 Å². The van der Waals surface area contributed by atoms with Crippen LogP contribution in [0.3, 0.4) is 0 Å². The fraction of sp³-hybridized carbons (Fsp3) is 0.667. The third-order valence-electron chi connectivity index (χ3n) is 6.59. The summed E-state index contributed by atoms with van der Waals surface area (Å²) in [6.45, 7) is -0.427. The normalized spacial score (nSPS) is 31.6. The number of ether oxygens (including phenoxy) is 4. The largest absolute Gasteiger partial charge is 1.00 e. The number of carbonyl (C=O) groups excluding carboxylic acids is 2. The molecular weight excluding hydrogens is 668 g/mol.